The van der Waals surface area contributed by atoms with Gasteiger partial charge in [0, 0.05) is 10.6 Å². The Morgan fingerprint density at radius 1 is 1.08 bits per heavy atom. The molecule has 0 heterocycles. The van der Waals surface area contributed by atoms with Crippen LogP contribution >= 0.6 is 58.6 Å². The lowest BCUT2D eigenvalue weighted by atomic mass is 10.2. The zero-order valence-corrected chi connectivity index (χ0v) is 16.3. The number of hydrogen-bond donors (Lipinski definition) is 3. The number of ether oxygens (including phenoxy) is 1. The number of hydrogen-bond acceptors (Lipinski definition) is 4. The van der Waals surface area contributed by atoms with Crippen LogP contribution in [0.15, 0.2) is 24.3 Å². The molecule has 0 aliphatic carbocycles. The van der Waals surface area contributed by atoms with Crippen LogP contribution in [0.25, 0.3) is 0 Å². The monoisotopic (exact) mass is 438 g/mol. The number of amides is 1. The minimum Gasteiger partial charge on any atom is -0.504 e. The lowest BCUT2D eigenvalue weighted by Gasteiger charge is -2.13. The lowest BCUT2D eigenvalue weighted by Crippen LogP contribution is -2.34. The number of rotatable bonds is 3. The Hall–Kier alpha value is -1.44. The summed E-state index contributed by atoms with van der Waals surface area (Å²) in [6.07, 6.45) is 0. The van der Waals surface area contributed by atoms with Gasteiger partial charge in [0.2, 0.25) is 0 Å². The molecule has 0 saturated carbocycles. The van der Waals surface area contributed by atoms with E-state index in [9.17, 15) is 9.90 Å². The molecule has 0 radical (unpaired) electrons. The Bertz CT molecular complexity index is 838. The quantitative estimate of drug-likeness (QED) is 0.456. The van der Waals surface area contributed by atoms with Crippen molar-refractivity contribution < 1.29 is 14.6 Å². The maximum atomic E-state index is 12.3. The van der Waals surface area contributed by atoms with Crippen molar-refractivity contribution in [2.75, 3.05) is 12.4 Å². The van der Waals surface area contributed by atoms with Gasteiger partial charge in [0.1, 0.15) is 0 Å². The van der Waals surface area contributed by atoms with Gasteiger partial charge in [-0.05, 0) is 36.5 Å². The average Bonchev–Trinajstić information content (AvgIpc) is 2.51. The van der Waals surface area contributed by atoms with Gasteiger partial charge >= 0.3 is 0 Å². The van der Waals surface area contributed by atoms with Gasteiger partial charge in [0.25, 0.3) is 5.91 Å². The predicted molar refractivity (Wildman–Crippen MR) is 105 cm³/mol. The molecule has 0 bridgehead atoms. The van der Waals surface area contributed by atoms with Crippen molar-refractivity contribution in [1.82, 2.24) is 5.32 Å². The third-order valence-electron chi connectivity index (χ3n) is 2.97. The molecule has 5 nitrogen and oxygen atoms in total. The van der Waals surface area contributed by atoms with E-state index in [0.29, 0.717) is 0 Å². The topological polar surface area (TPSA) is 70.6 Å². The van der Waals surface area contributed by atoms with Crippen molar-refractivity contribution in [2.45, 2.75) is 0 Å². The minimum absolute atomic E-state index is 0.0397. The van der Waals surface area contributed by atoms with E-state index in [2.05, 4.69) is 10.6 Å². The summed E-state index contributed by atoms with van der Waals surface area (Å²) >= 11 is 28.7. The maximum Gasteiger partial charge on any atom is 0.257 e. The Balaban J connectivity index is 2.15. The van der Waals surface area contributed by atoms with Gasteiger partial charge in [-0.15, -0.1) is 0 Å². The molecule has 0 aromatic heterocycles. The molecule has 0 atom stereocenters. The standard InChI is InChI=1S/C15H10Cl4N2O3S/c1-24-13-9(18)2-6(3-10(13)19)14(23)21-15(25)20-11-5-7(16)4-8(17)12(11)22/h2-5,22H,1H3,(H2,20,21,23,25). The van der Waals surface area contributed by atoms with Crippen LogP contribution < -0.4 is 15.4 Å². The Kier molecular flexibility index (Phi) is 6.59. The summed E-state index contributed by atoms with van der Waals surface area (Å²) in [5.74, 6) is -0.547. The number of aromatic hydroxyl groups is 1. The van der Waals surface area contributed by atoms with Gasteiger partial charge in [-0.2, -0.15) is 0 Å². The largest absolute Gasteiger partial charge is 0.504 e. The smallest absolute Gasteiger partial charge is 0.257 e. The average molecular weight is 440 g/mol. The summed E-state index contributed by atoms with van der Waals surface area (Å²) in [6, 6.07) is 5.55. The van der Waals surface area contributed by atoms with Crippen LogP contribution in [0.3, 0.4) is 0 Å². The van der Waals surface area contributed by atoms with Crippen LogP contribution in [-0.2, 0) is 0 Å². The fraction of sp³-hybridized carbons (Fsp3) is 0.0667. The molecular formula is C15H10Cl4N2O3S. The van der Waals surface area contributed by atoms with Crippen LogP contribution in [0, 0.1) is 0 Å². The third-order valence-corrected chi connectivity index (χ3v) is 4.24. The minimum atomic E-state index is -0.559. The molecule has 2 rings (SSSR count). The third kappa shape index (κ3) is 4.80. The first kappa shape index (κ1) is 19.9. The summed E-state index contributed by atoms with van der Waals surface area (Å²) in [5, 5.41) is 15.5. The molecule has 10 heteroatoms. The second-order valence-electron chi connectivity index (χ2n) is 4.67. The number of carbonyl (C=O) groups excluding carboxylic acids is 1. The molecule has 25 heavy (non-hydrogen) atoms. The van der Waals surface area contributed by atoms with Crippen molar-refractivity contribution in [3.63, 3.8) is 0 Å². The van der Waals surface area contributed by atoms with E-state index < -0.39 is 5.91 Å². The zero-order chi connectivity index (χ0) is 18.7. The highest BCUT2D eigenvalue weighted by atomic mass is 35.5. The van der Waals surface area contributed by atoms with Crippen molar-refractivity contribution in [2.24, 2.45) is 0 Å². The van der Waals surface area contributed by atoms with E-state index in [1.54, 1.807) is 0 Å². The van der Waals surface area contributed by atoms with Crippen LogP contribution in [0.5, 0.6) is 11.5 Å². The van der Waals surface area contributed by atoms with Gasteiger partial charge in [0.05, 0.1) is 27.9 Å². The normalized spacial score (nSPS) is 10.3. The molecule has 2 aromatic carbocycles. The van der Waals surface area contributed by atoms with Gasteiger partial charge < -0.3 is 15.2 Å². The summed E-state index contributed by atoms with van der Waals surface area (Å²) in [6.45, 7) is 0. The first-order chi connectivity index (χ1) is 11.7. The SMILES string of the molecule is COc1c(Cl)cc(C(=O)NC(=S)Nc2cc(Cl)cc(Cl)c2O)cc1Cl. The van der Waals surface area contributed by atoms with E-state index in [1.807, 2.05) is 0 Å². The van der Waals surface area contributed by atoms with E-state index in [4.69, 9.17) is 63.4 Å². The molecule has 132 valence electrons. The number of halogens is 4. The number of thiocarbonyl (C=S) groups is 1. The Morgan fingerprint density at radius 2 is 1.68 bits per heavy atom. The molecule has 0 aliphatic rings. The number of nitrogens with one attached hydrogen (secondary N) is 2. The fourth-order valence-corrected chi connectivity index (χ4v) is 3.21. The number of anilines is 1. The highest BCUT2D eigenvalue weighted by molar-refractivity contribution is 7.80. The number of benzene rings is 2. The lowest BCUT2D eigenvalue weighted by molar-refractivity contribution is 0.0977. The van der Waals surface area contributed by atoms with Gasteiger partial charge in [0.15, 0.2) is 16.6 Å². The van der Waals surface area contributed by atoms with E-state index in [-0.39, 0.29) is 48.0 Å². The summed E-state index contributed by atoms with van der Waals surface area (Å²) in [7, 11) is 1.41. The van der Waals surface area contributed by atoms with Gasteiger partial charge in [-0.1, -0.05) is 46.4 Å². The number of carbonyl (C=O) groups is 1. The van der Waals surface area contributed by atoms with Crippen LogP contribution in [0.2, 0.25) is 20.1 Å². The molecule has 1 amide bonds. The highest BCUT2D eigenvalue weighted by Gasteiger charge is 2.15. The number of phenolic OH excluding ortho intramolecular Hbond substituents is 1. The molecule has 0 saturated heterocycles. The molecular weight excluding hydrogens is 430 g/mol. The highest BCUT2D eigenvalue weighted by Crippen LogP contribution is 2.35. The van der Waals surface area contributed by atoms with Crippen LogP contribution in [0.1, 0.15) is 10.4 Å². The van der Waals surface area contributed by atoms with Crippen LogP contribution in [0.4, 0.5) is 5.69 Å². The fourth-order valence-electron chi connectivity index (χ4n) is 1.88. The van der Waals surface area contributed by atoms with Crippen molar-refractivity contribution in [3.05, 3.63) is 49.9 Å². The molecule has 0 spiro atoms. The van der Waals surface area contributed by atoms with Crippen molar-refractivity contribution in [3.8, 4) is 11.5 Å². The number of methoxy groups -OCH3 is 1. The maximum absolute atomic E-state index is 12.3. The second kappa shape index (κ2) is 8.29. The molecule has 0 fully saturated rings. The van der Waals surface area contributed by atoms with Gasteiger partial charge in [-0.3, -0.25) is 10.1 Å². The number of phenols is 1. The zero-order valence-electron chi connectivity index (χ0n) is 12.5. The Labute approximate surface area is 168 Å². The first-order valence-electron chi connectivity index (χ1n) is 6.56. The van der Waals surface area contributed by atoms with Gasteiger partial charge in [-0.25, -0.2) is 0 Å². The Morgan fingerprint density at radius 3 is 2.24 bits per heavy atom. The second-order valence-corrected chi connectivity index (χ2v) is 6.73. The molecule has 0 unspecified atom stereocenters. The molecule has 3 N–H and O–H groups in total. The van der Waals surface area contributed by atoms with E-state index in [0.717, 1.165) is 0 Å². The van der Waals surface area contributed by atoms with E-state index in [1.165, 1.54) is 31.4 Å². The van der Waals surface area contributed by atoms with Crippen LogP contribution in [-0.4, -0.2) is 23.2 Å². The summed E-state index contributed by atoms with van der Waals surface area (Å²) in [4.78, 5) is 12.3. The molecule has 0 aliphatic heterocycles. The van der Waals surface area contributed by atoms with Crippen molar-refractivity contribution in [1.29, 1.82) is 0 Å². The first-order valence-corrected chi connectivity index (χ1v) is 8.48. The molecule has 2 aromatic rings. The van der Waals surface area contributed by atoms with E-state index >= 15 is 0 Å². The summed E-state index contributed by atoms with van der Waals surface area (Å²) in [5.41, 5.74) is 0.321. The summed E-state index contributed by atoms with van der Waals surface area (Å²) < 4.78 is 5.02. The van der Waals surface area contributed by atoms with Crippen molar-refractivity contribution >= 4 is 75.3 Å². The predicted octanol–water partition coefficient (Wildman–Crippen LogP) is 5.14.